The Morgan fingerprint density at radius 3 is 2.72 bits per heavy atom. The molecule has 0 bridgehead atoms. The van der Waals surface area contributed by atoms with Crippen molar-refractivity contribution in [2.45, 2.75) is 39.3 Å². The van der Waals surface area contributed by atoms with Crippen molar-refractivity contribution in [3.05, 3.63) is 47.8 Å². The topological polar surface area (TPSA) is 69.0 Å². The molecule has 9 heteroatoms. The molecule has 0 aliphatic carbocycles. The largest absolute Gasteiger partial charge is 0.368 e. The molecule has 1 N–H and O–H groups in total. The number of aromatic nitrogens is 3. The van der Waals surface area contributed by atoms with Crippen LogP contribution in [0.1, 0.15) is 25.1 Å². The van der Waals surface area contributed by atoms with Crippen LogP contribution in [0.4, 0.5) is 26.4 Å². The lowest BCUT2D eigenvalue weighted by Crippen LogP contribution is -2.55. The van der Waals surface area contributed by atoms with Crippen LogP contribution in [0, 0.1) is 12.7 Å². The van der Waals surface area contributed by atoms with E-state index in [4.69, 9.17) is 0 Å². The maximum atomic E-state index is 14.4. The average Bonchev–Trinajstić information content (AvgIpc) is 3.34. The van der Waals surface area contributed by atoms with Gasteiger partial charge in [0.1, 0.15) is 5.82 Å². The maximum Gasteiger partial charge on any atom is 0.327 e. The number of pyridine rings is 2. The standard InChI is InChI=1S/C23H28FN7O/c1-14-10-30-13-17(9-19(24)22(30)26-14)27-23(32)31-8-6-18-20(5-7-25-21(18)31)29-11-15(2)28(4)16(3)12-29/h5,7,9-10,13,15-16H,6,8,11-12H2,1-4H3,(H,27,32)/t15-,16+. The minimum absolute atomic E-state index is 0.244. The van der Waals surface area contributed by atoms with Crippen LogP contribution in [0.25, 0.3) is 5.65 Å². The number of amides is 2. The molecule has 2 aliphatic rings. The van der Waals surface area contributed by atoms with Crippen molar-refractivity contribution in [2.24, 2.45) is 0 Å². The zero-order valence-corrected chi connectivity index (χ0v) is 18.8. The zero-order chi connectivity index (χ0) is 22.6. The number of carbonyl (C=O) groups is 1. The second-order valence-electron chi connectivity index (χ2n) is 8.92. The average molecular weight is 438 g/mol. The highest BCUT2D eigenvalue weighted by molar-refractivity contribution is 6.03. The van der Waals surface area contributed by atoms with E-state index in [9.17, 15) is 9.18 Å². The van der Waals surface area contributed by atoms with Gasteiger partial charge in [-0.15, -0.1) is 0 Å². The summed E-state index contributed by atoms with van der Waals surface area (Å²) in [4.78, 5) is 28.2. The Morgan fingerprint density at radius 2 is 1.97 bits per heavy atom. The molecule has 1 saturated heterocycles. The first kappa shape index (κ1) is 20.7. The summed E-state index contributed by atoms with van der Waals surface area (Å²) < 4.78 is 16.0. The number of nitrogens with one attached hydrogen (secondary N) is 1. The van der Waals surface area contributed by atoms with Gasteiger partial charge in [0.05, 0.1) is 11.4 Å². The second kappa shape index (κ2) is 7.74. The molecular formula is C23H28FN7O. The van der Waals surface area contributed by atoms with Crippen LogP contribution in [-0.4, -0.2) is 64.1 Å². The number of hydrogen-bond donors (Lipinski definition) is 1. The van der Waals surface area contributed by atoms with Gasteiger partial charge in [-0.3, -0.25) is 9.80 Å². The Morgan fingerprint density at radius 1 is 1.22 bits per heavy atom. The fraction of sp³-hybridized carbons (Fsp3) is 0.435. The van der Waals surface area contributed by atoms with Crippen molar-refractivity contribution in [3.8, 4) is 0 Å². The van der Waals surface area contributed by atoms with Crippen LogP contribution in [0.15, 0.2) is 30.7 Å². The van der Waals surface area contributed by atoms with Gasteiger partial charge >= 0.3 is 6.03 Å². The molecule has 8 nitrogen and oxygen atoms in total. The number of nitrogens with zero attached hydrogens (tertiary/aromatic N) is 6. The van der Waals surface area contributed by atoms with Crippen LogP contribution < -0.4 is 15.1 Å². The summed E-state index contributed by atoms with van der Waals surface area (Å²) in [6.45, 7) is 8.69. The number of halogens is 1. The molecule has 0 saturated carbocycles. The van der Waals surface area contributed by atoms with Crippen LogP contribution in [0.3, 0.4) is 0 Å². The molecule has 3 aromatic heterocycles. The fourth-order valence-corrected chi connectivity index (χ4v) is 4.81. The van der Waals surface area contributed by atoms with Crippen molar-refractivity contribution in [1.82, 2.24) is 19.3 Å². The maximum absolute atomic E-state index is 14.4. The summed E-state index contributed by atoms with van der Waals surface area (Å²) >= 11 is 0. The number of rotatable bonds is 2. The van der Waals surface area contributed by atoms with Gasteiger partial charge in [-0.25, -0.2) is 19.2 Å². The number of aryl methyl sites for hydroxylation is 1. The molecule has 3 aromatic rings. The van der Waals surface area contributed by atoms with Gasteiger partial charge in [0.25, 0.3) is 0 Å². The lowest BCUT2D eigenvalue weighted by molar-refractivity contribution is 0.170. The van der Waals surface area contributed by atoms with Gasteiger partial charge in [0.2, 0.25) is 0 Å². The number of likely N-dealkylation sites (N-methyl/N-ethyl adjacent to an activating group) is 1. The van der Waals surface area contributed by atoms with Crippen molar-refractivity contribution in [3.63, 3.8) is 0 Å². The first-order chi connectivity index (χ1) is 15.3. The van der Waals surface area contributed by atoms with Crippen LogP contribution >= 0.6 is 0 Å². The number of carbonyl (C=O) groups excluding carboxylic acids is 1. The van der Waals surface area contributed by atoms with Gasteiger partial charge in [-0.05, 0) is 40.3 Å². The number of fused-ring (bicyclic) bond motifs is 2. The molecule has 2 aliphatic heterocycles. The third kappa shape index (κ3) is 3.46. The van der Waals surface area contributed by atoms with E-state index in [0.717, 1.165) is 30.8 Å². The summed E-state index contributed by atoms with van der Waals surface area (Å²) in [6, 6.07) is 3.92. The second-order valence-corrected chi connectivity index (χ2v) is 8.92. The lowest BCUT2D eigenvalue weighted by atomic mass is 10.1. The monoisotopic (exact) mass is 437 g/mol. The van der Waals surface area contributed by atoms with Crippen molar-refractivity contribution in [2.75, 3.05) is 41.8 Å². The number of hydrogen-bond acceptors (Lipinski definition) is 5. The number of piperazine rings is 1. The molecule has 5 rings (SSSR count). The van der Waals surface area contributed by atoms with Gasteiger partial charge in [0.15, 0.2) is 11.5 Å². The molecule has 0 radical (unpaired) electrons. The van der Waals surface area contributed by atoms with Crippen molar-refractivity contribution < 1.29 is 9.18 Å². The minimum atomic E-state index is -0.476. The van der Waals surface area contributed by atoms with Gasteiger partial charge in [-0.2, -0.15) is 0 Å². The third-order valence-corrected chi connectivity index (χ3v) is 6.67. The first-order valence-electron chi connectivity index (χ1n) is 11.0. The van der Waals surface area contributed by atoms with E-state index in [-0.39, 0.29) is 11.7 Å². The lowest BCUT2D eigenvalue weighted by Gasteiger charge is -2.44. The molecule has 2 amide bonds. The summed E-state index contributed by atoms with van der Waals surface area (Å²) in [5.41, 5.74) is 3.58. The van der Waals surface area contributed by atoms with E-state index in [1.54, 1.807) is 34.8 Å². The van der Waals surface area contributed by atoms with E-state index in [1.165, 1.54) is 6.07 Å². The normalized spacial score (nSPS) is 21.3. The number of urea groups is 1. The Hall–Kier alpha value is -3.20. The van der Waals surface area contributed by atoms with Crippen LogP contribution in [0.5, 0.6) is 0 Å². The highest BCUT2D eigenvalue weighted by atomic mass is 19.1. The van der Waals surface area contributed by atoms with Crippen molar-refractivity contribution in [1.29, 1.82) is 0 Å². The Kier molecular flexibility index (Phi) is 5.00. The Bertz CT molecular complexity index is 1180. The molecule has 32 heavy (non-hydrogen) atoms. The molecule has 0 spiro atoms. The molecule has 168 valence electrons. The van der Waals surface area contributed by atoms with Crippen molar-refractivity contribution >= 4 is 28.9 Å². The van der Waals surface area contributed by atoms with E-state index in [2.05, 4.69) is 52.0 Å². The first-order valence-corrected chi connectivity index (χ1v) is 11.0. The highest BCUT2D eigenvalue weighted by Crippen LogP contribution is 2.35. The quantitative estimate of drug-likeness (QED) is 0.666. The smallest absolute Gasteiger partial charge is 0.327 e. The molecule has 0 aromatic carbocycles. The molecular weight excluding hydrogens is 409 g/mol. The predicted octanol–water partition coefficient (Wildman–Crippen LogP) is 3.30. The Labute approximate surface area is 186 Å². The third-order valence-electron chi connectivity index (χ3n) is 6.67. The Balaban J connectivity index is 1.39. The van der Waals surface area contributed by atoms with E-state index in [0.29, 0.717) is 35.8 Å². The van der Waals surface area contributed by atoms with Gasteiger partial charge in [-0.1, -0.05) is 0 Å². The summed E-state index contributed by atoms with van der Waals surface area (Å²) in [5, 5.41) is 2.82. The zero-order valence-electron chi connectivity index (χ0n) is 18.8. The van der Waals surface area contributed by atoms with E-state index < -0.39 is 5.82 Å². The van der Waals surface area contributed by atoms with Gasteiger partial charge in [0, 0.05) is 67.6 Å². The predicted molar refractivity (Wildman–Crippen MR) is 123 cm³/mol. The highest BCUT2D eigenvalue weighted by Gasteiger charge is 2.33. The molecule has 2 atom stereocenters. The molecule has 5 heterocycles. The summed E-state index contributed by atoms with van der Waals surface area (Å²) in [7, 11) is 2.17. The SMILES string of the molecule is Cc1cn2cc(NC(=O)N3CCc4c(N5C[C@@H](C)N(C)[C@@H](C)C5)ccnc43)cc(F)c2n1. The molecule has 1 fully saturated rings. The van der Waals surface area contributed by atoms with Crippen LogP contribution in [0.2, 0.25) is 0 Å². The summed E-state index contributed by atoms with van der Waals surface area (Å²) in [5.74, 6) is 0.204. The van der Waals surface area contributed by atoms with E-state index >= 15 is 0 Å². The van der Waals surface area contributed by atoms with E-state index in [1.807, 2.05) is 0 Å². The van der Waals surface area contributed by atoms with Crippen LogP contribution in [-0.2, 0) is 6.42 Å². The van der Waals surface area contributed by atoms with Gasteiger partial charge < -0.3 is 14.6 Å². The fourth-order valence-electron chi connectivity index (χ4n) is 4.81. The number of imidazole rings is 1. The minimum Gasteiger partial charge on any atom is -0.368 e. The number of anilines is 3. The molecule has 0 unspecified atom stereocenters. The summed E-state index contributed by atoms with van der Waals surface area (Å²) in [6.07, 6.45) is 5.91.